The largest absolute Gasteiger partial charge is 0.497 e. The molecule has 26 heavy (non-hydrogen) atoms. The lowest BCUT2D eigenvalue weighted by molar-refractivity contribution is 0.0942. The van der Waals surface area contributed by atoms with E-state index < -0.39 is 0 Å². The van der Waals surface area contributed by atoms with Gasteiger partial charge in [0.1, 0.15) is 17.2 Å². The number of nitrogens with one attached hydrogen (secondary N) is 1. The van der Waals surface area contributed by atoms with Crippen LogP contribution in [0.15, 0.2) is 42.5 Å². The van der Waals surface area contributed by atoms with Gasteiger partial charge in [-0.15, -0.1) is 0 Å². The fraction of sp³-hybridized carbons (Fsp3) is 0.381. The van der Waals surface area contributed by atoms with Gasteiger partial charge >= 0.3 is 0 Å². The summed E-state index contributed by atoms with van der Waals surface area (Å²) in [7, 11) is 4.79. The predicted octanol–water partition coefficient (Wildman–Crippen LogP) is 3.63. The summed E-state index contributed by atoms with van der Waals surface area (Å²) < 4.78 is 15.8. The summed E-state index contributed by atoms with van der Waals surface area (Å²) in [6.07, 6.45) is 0. The zero-order valence-corrected chi connectivity index (χ0v) is 15.8. The van der Waals surface area contributed by atoms with Crippen LogP contribution in [0.2, 0.25) is 0 Å². The van der Waals surface area contributed by atoms with E-state index in [0.29, 0.717) is 17.1 Å². The van der Waals surface area contributed by atoms with Crippen LogP contribution in [0.1, 0.15) is 35.7 Å². The molecule has 0 saturated heterocycles. The molecule has 2 unspecified atom stereocenters. The number of ether oxygens (including phenoxy) is 3. The van der Waals surface area contributed by atoms with Crippen LogP contribution in [0, 0.1) is 5.41 Å². The molecule has 2 aromatic carbocycles. The number of carbonyl (C=O) groups excluding carboxylic acids is 1. The molecule has 1 saturated carbocycles. The standard InChI is InChI=1S/C21H25NO4/c1-21(2)18(13-6-8-14(24-3)9-7-13)19(21)22-20(23)16-12-15(25-4)10-11-17(16)26-5/h6-12,18-19H,1-5H3,(H,22,23). The minimum Gasteiger partial charge on any atom is -0.497 e. The van der Waals surface area contributed by atoms with Crippen LogP contribution in [0.5, 0.6) is 17.2 Å². The highest BCUT2D eigenvalue weighted by molar-refractivity contribution is 5.98. The Morgan fingerprint density at radius 2 is 1.54 bits per heavy atom. The van der Waals surface area contributed by atoms with Crippen molar-refractivity contribution in [2.45, 2.75) is 25.8 Å². The molecule has 0 aromatic heterocycles. The Labute approximate surface area is 154 Å². The van der Waals surface area contributed by atoms with Crippen LogP contribution in [-0.4, -0.2) is 33.3 Å². The van der Waals surface area contributed by atoms with Crippen molar-refractivity contribution >= 4 is 5.91 Å². The van der Waals surface area contributed by atoms with Crippen molar-refractivity contribution in [2.75, 3.05) is 21.3 Å². The molecule has 1 fully saturated rings. The van der Waals surface area contributed by atoms with E-state index in [0.717, 1.165) is 5.75 Å². The number of hydrogen-bond donors (Lipinski definition) is 1. The molecule has 0 spiro atoms. The van der Waals surface area contributed by atoms with E-state index in [1.165, 1.54) is 5.56 Å². The molecular formula is C21H25NO4. The van der Waals surface area contributed by atoms with E-state index in [1.54, 1.807) is 39.5 Å². The van der Waals surface area contributed by atoms with E-state index in [1.807, 2.05) is 12.1 Å². The second-order valence-electron chi connectivity index (χ2n) is 7.09. The number of carbonyl (C=O) groups is 1. The number of benzene rings is 2. The quantitative estimate of drug-likeness (QED) is 0.860. The van der Waals surface area contributed by atoms with Gasteiger partial charge in [-0.05, 0) is 41.3 Å². The van der Waals surface area contributed by atoms with Crippen molar-refractivity contribution in [1.82, 2.24) is 5.32 Å². The normalized spacial score (nSPS) is 20.2. The van der Waals surface area contributed by atoms with E-state index in [-0.39, 0.29) is 23.3 Å². The van der Waals surface area contributed by atoms with Crippen molar-refractivity contribution in [2.24, 2.45) is 5.41 Å². The average molecular weight is 355 g/mol. The monoisotopic (exact) mass is 355 g/mol. The molecule has 5 nitrogen and oxygen atoms in total. The van der Waals surface area contributed by atoms with Crippen molar-refractivity contribution < 1.29 is 19.0 Å². The first-order valence-electron chi connectivity index (χ1n) is 8.59. The van der Waals surface area contributed by atoms with Crippen LogP contribution < -0.4 is 19.5 Å². The van der Waals surface area contributed by atoms with Crippen molar-refractivity contribution in [3.05, 3.63) is 53.6 Å². The highest BCUT2D eigenvalue weighted by atomic mass is 16.5. The van der Waals surface area contributed by atoms with Crippen LogP contribution in [0.25, 0.3) is 0 Å². The smallest absolute Gasteiger partial charge is 0.255 e. The molecule has 1 amide bonds. The lowest BCUT2D eigenvalue weighted by Gasteiger charge is -2.11. The molecule has 2 atom stereocenters. The second kappa shape index (κ2) is 6.90. The molecule has 2 aromatic rings. The summed E-state index contributed by atoms with van der Waals surface area (Å²) in [5.41, 5.74) is 1.65. The van der Waals surface area contributed by atoms with E-state index in [2.05, 4.69) is 31.3 Å². The number of methoxy groups -OCH3 is 3. The molecule has 0 heterocycles. The maximum atomic E-state index is 12.8. The van der Waals surface area contributed by atoms with E-state index in [4.69, 9.17) is 14.2 Å². The topological polar surface area (TPSA) is 56.8 Å². The predicted molar refractivity (Wildman–Crippen MR) is 100 cm³/mol. The minimum atomic E-state index is -0.158. The van der Waals surface area contributed by atoms with Gasteiger partial charge in [-0.3, -0.25) is 4.79 Å². The molecule has 5 heteroatoms. The Bertz CT molecular complexity index is 798. The SMILES string of the molecule is COc1ccc(C2C(NC(=O)c3cc(OC)ccc3OC)C2(C)C)cc1. The Balaban J connectivity index is 1.79. The number of amides is 1. The molecule has 3 rings (SSSR count). The van der Waals surface area contributed by atoms with Gasteiger partial charge < -0.3 is 19.5 Å². The van der Waals surface area contributed by atoms with Crippen molar-refractivity contribution in [3.8, 4) is 17.2 Å². The minimum absolute atomic E-state index is 0.0175. The number of rotatable bonds is 6. The summed E-state index contributed by atoms with van der Waals surface area (Å²) in [6, 6.07) is 13.3. The molecule has 0 aliphatic heterocycles. The molecule has 0 bridgehead atoms. The summed E-state index contributed by atoms with van der Waals surface area (Å²) in [6.45, 7) is 4.32. The van der Waals surface area contributed by atoms with E-state index in [9.17, 15) is 4.79 Å². The zero-order chi connectivity index (χ0) is 18.9. The lowest BCUT2D eigenvalue weighted by Crippen LogP contribution is -2.29. The number of hydrogen-bond acceptors (Lipinski definition) is 4. The molecule has 1 aliphatic carbocycles. The van der Waals surface area contributed by atoms with Gasteiger partial charge in [-0.25, -0.2) is 0 Å². The summed E-state index contributed by atoms with van der Waals surface area (Å²) in [5, 5.41) is 3.16. The second-order valence-corrected chi connectivity index (χ2v) is 7.09. The molecular weight excluding hydrogens is 330 g/mol. The first kappa shape index (κ1) is 18.1. The summed E-state index contributed by atoms with van der Waals surface area (Å²) >= 11 is 0. The maximum Gasteiger partial charge on any atom is 0.255 e. The Kier molecular flexibility index (Phi) is 4.81. The van der Waals surface area contributed by atoms with Gasteiger partial charge in [0.25, 0.3) is 5.91 Å². The Hall–Kier alpha value is -2.69. The maximum absolute atomic E-state index is 12.8. The molecule has 138 valence electrons. The van der Waals surface area contributed by atoms with Gasteiger partial charge in [0.2, 0.25) is 0 Å². The van der Waals surface area contributed by atoms with Gasteiger partial charge in [-0.1, -0.05) is 26.0 Å². The van der Waals surface area contributed by atoms with Crippen LogP contribution in [0.3, 0.4) is 0 Å². The van der Waals surface area contributed by atoms with Crippen LogP contribution in [0.4, 0.5) is 0 Å². The third-order valence-corrected chi connectivity index (χ3v) is 5.24. The third kappa shape index (κ3) is 3.21. The highest BCUT2D eigenvalue weighted by Crippen LogP contribution is 2.58. The third-order valence-electron chi connectivity index (χ3n) is 5.24. The summed E-state index contributed by atoms with van der Waals surface area (Å²) in [5.74, 6) is 2.08. The van der Waals surface area contributed by atoms with Crippen molar-refractivity contribution in [3.63, 3.8) is 0 Å². The first-order chi connectivity index (χ1) is 12.4. The fourth-order valence-corrected chi connectivity index (χ4v) is 3.55. The molecule has 1 aliphatic rings. The lowest BCUT2D eigenvalue weighted by atomic mass is 10.0. The van der Waals surface area contributed by atoms with Gasteiger partial charge in [0.05, 0.1) is 26.9 Å². The summed E-state index contributed by atoms with van der Waals surface area (Å²) in [4.78, 5) is 12.8. The Morgan fingerprint density at radius 3 is 2.12 bits per heavy atom. The van der Waals surface area contributed by atoms with E-state index >= 15 is 0 Å². The fourth-order valence-electron chi connectivity index (χ4n) is 3.55. The zero-order valence-electron chi connectivity index (χ0n) is 15.8. The van der Waals surface area contributed by atoms with Crippen LogP contribution in [-0.2, 0) is 0 Å². The highest BCUT2D eigenvalue weighted by Gasteiger charge is 2.59. The molecule has 0 radical (unpaired) electrons. The first-order valence-corrected chi connectivity index (χ1v) is 8.59. The van der Waals surface area contributed by atoms with Gasteiger partial charge in [-0.2, -0.15) is 0 Å². The molecule has 1 N–H and O–H groups in total. The van der Waals surface area contributed by atoms with Crippen molar-refractivity contribution in [1.29, 1.82) is 0 Å². The van der Waals surface area contributed by atoms with Gasteiger partial charge in [0.15, 0.2) is 0 Å². The van der Waals surface area contributed by atoms with Gasteiger partial charge in [0, 0.05) is 12.0 Å². The Morgan fingerprint density at radius 1 is 0.923 bits per heavy atom. The van der Waals surface area contributed by atoms with Crippen LogP contribution >= 0.6 is 0 Å². The average Bonchev–Trinajstić information content (AvgIpc) is 3.20.